The van der Waals surface area contributed by atoms with Crippen LogP contribution in [0.15, 0.2) is 67.3 Å². The van der Waals surface area contributed by atoms with Crippen LogP contribution in [0.5, 0.6) is 0 Å². The Morgan fingerprint density at radius 3 is 2.48 bits per heavy atom. The highest BCUT2D eigenvalue weighted by Gasteiger charge is 2.40. The summed E-state index contributed by atoms with van der Waals surface area (Å²) in [4.78, 5) is 20.9. The van der Waals surface area contributed by atoms with Crippen molar-refractivity contribution in [2.75, 3.05) is 0 Å². The molecule has 0 aliphatic carbocycles. The fourth-order valence-electron chi connectivity index (χ4n) is 2.95. The second-order valence-corrected chi connectivity index (χ2v) is 6.98. The molecule has 5 nitrogen and oxygen atoms in total. The third-order valence-electron chi connectivity index (χ3n) is 4.34. The number of carbonyl (C=O) groups excluding carboxylic acids is 1. The van der Waals surface area contributed by atoms with Gasteiger partial charge in [-0.05, 0) is 47.5 Å². The van der Waals surface area contributed by atoms with Gasteiger partial charge in [-0.3, -0.25) is 20.1 Å². The molecule has 3 rings (SSSR count). The predicted octanol–water partition coefficient (Wildman–Crippen LogP) is 3.50. The number of rotatable bonds is 7. The number of nitrogens with one attached hydrogen (secondary N) is 1. The Balaban J connectivity index is 2.07. The Morgan fingerprint density at radius 2 is 1.81 bits per heavy atom. The molecule has 3 aromatic rings. The molecule has 1 atom stereocenters. The number of pyridine rings is 2. The maximum atomic E-state index is 12.7. The van der Waals surface area contributed by atoms with Crippen LogP contribution in [0.3, 0.4) is 0 Å². The number of nitrogens with zero attached hydrogens (tertiary/aromatic N) is 2. The molecule has 0 bridgehead atoms. The lowest BCUT2D eigenvalue weighted by atomic mass is 9.83. The van der Waals surface area contributed by atoms with E-state index in [1.807, 2.05) is 24.3 Å². The van der Waals surface area contributed by atoms with Gasteiger partial charge >= 0.3 is 0 Å². The fourth-order valence-corrected chi connectivity index (χ4v) is 3.40. The minimum atomic E-state index is -1.26. The second kappa shape index (κ2) is 8.48. The van der Waals surface area contributed by atoms with Crippen LogP contribution in [-0.4, -0.2) is 15.9 Å². The third-order valence-corrected chi connectivity index (χ3v) is 4.91. The van der Waals surface area contributed by atoms with E-state index in [2.05, 4.69) is 15.3 Å². The molecule has 7 heteroatoms. The first kappa shape index (κ1) is 19.3. The molecule has 3 N–H and O–H groups in total. The van der Waals surface area contributed by atoms with Gasteiger partial charge in [-0.2, -0.15) is 0 Å². The molecule has 0 spiro atoms. The lowest BCUT2D eigenvalue weighted by Crippen LogP contribution is -2.54. The minimum absolute atomic E-state index is 0.279. The molecule has 0 aliphatic rings. The molecule has 1 unspecified atom stereocenters. The second-order valence-electron chi connectivity index (χ2n) is 6.14. The van der Waals surface area contributed by atoms with Gasteiger partial charge in [0.05, 0.1) is 0 Å². The summed E-state index contributed by atoms with van der Waals surface area (Å²) in [5.41, 5.74) is 6.97. The number of nitrogens with two attached hydrogens (primary N) is 1. The van der Waals surface area contributed by atoms with E-state index in [0.29, 0.717) is 22.2 Å². The highest BCUT2D eigenvalue weighted by molar-refractivity contribution is 6.34. The van der Waals surface area contributed by atoms with Gasteiger partial charge in [0.2, 0.25) is 5.91 Å². The Labute approximate surface area is 167 Å². The van der Waals surface area contributed by atoms with Crippen molar-refractivity contribution in [3.63, 3.8) is 0 Å². The van der Waals surface area contributed by atoms with Crippen molar-refractivity contribution in [3.05, 3.63) is 94.0 Å². The number of carbonyl (C=O) groups is 1. The number of benzene rings is 1. The summed E-state index contributed by atoms with van der Waals surface area (Å²) in [6.07, 6.45) is 7.03. The first-order valence-electron chi connectivity index (χ1n) is 8.29. The highest BCUT2D eigenvalue weighted by atomic mass is 35.5. The van der Waals surface area contributed by atoms with E-state index in [1.165, 1.54) is 0 Å². The van der Waals surface area contributed by atoms with Gasteiger partial charge in [0.1, 0.15) is 5.54 Å². The van der Waals surface area contributed by atoms with Crippen molar-refractivity contribution in [3.8, 4) is 0 Å². The van der Waals surface area contributed by atoms with Gasteiger partial charge in [-0.25, -0.2) is 0 Å². The van der Waals surface area contributed by atoms with Gasteiger partial charge in [0.25, 0.3) is 0 Å². The summed E-state index contributed by atoms with van der Waals surface area (Å²) >= 11 is 12.6. The molecular weight excluding hydrogens is 383 g/mol. The maximum absolute atomic E-state index is 12.7. The first-order valence-corrected chi connectivity index (χ1v) is 9.05. The zero-order chi connectivity index (χ0) is 19.3. The molecule has 0 radical (unpaired) electrons. The van der Waals surface area contributed by atoms with E-state index < -0.39 is 11.4 Å². The van der Waals surface area contributed by atoms with Gasteiger partial charge in [-0.1, -0.05) is 29.3 Å². The number of aromatic nitrogens is 2. The Bertz CT molecular complexity index is 922. The topological polar surface area (TPSA) is 80.9 Å². The Morgan fingerprint density at radius 1 is 1.04 bits per heavy atom. The number of amides is 1. The lowest BCUT2D eigenvalue weighted by molar-refractivity contribution is -0.125. The van der Waals surface area contributed by atoms with Crippen molar-refractivity contribution in [2.45, 2.75) is 18.5 Å². The molecular formula is C20H18Cl2N4O. The summed E-state index contributed by atoms with van der Waals surface area (Å²) in [7, 11) is 0. The molecule has 0 fully saturated rings. The van der Waals surface area contributed by atoms with Crippen LogP contribution in [0.4, 0.5) is 0 Å². The third kappa shape index (κ3) is 4.45. The molecule has 1 aromatic carbocycles. The molecule has 2 aromatic heterocycles. The Kier molecular flexibility index (Phi) is 6.06. The van der Waals surface area contributed by atoms with Crippen LogP contribution in [0.25, 0.3) is 0 Å². The zero-order valence-electron chi connectivity index (χ0n) is 14.4. The van der Waals surface area contributed by atoms with Crippen LogP contribution in [0.2, 0.25) is 10.0 Å². The molecule has 138 valence electrons. The molecule has 0 aliphatic heterocycles. The average Bonchev–Trinajstić information content (AvgIpc) is 2.68. The van der Waals surface area contributed by atoms with Crippen molar-refractivity contribution < 1.29 is 4.79 Å². The summed E-state index contributed by atoms with van der Waals surface area (Å²) in [5.74, 6) is -0.551. The zero-order valence-corrected chi connectivity index (χ0v) is 15.9. The SMILES string of the molecule is NC(=O)C(Cc1cccnc1)(NCc1ccncc1)c1cc(Cl)ccc1Cl. The van der Waals surface area contributed by atoms with Gasteiger partial charge in [0, 0.05) is 53.4 Å². The van der Waals surface area contributed by atoms with E-state index in [1.54, 1.807) is 43.0 Å². The molecule has 2 heterocycles. The van der Waals surface area contributed by atoms with Gasteiger partial charge < -0.3 is 5.73 Å². The molecule has 0 saturated carbocycles. The van der Waals surface area contributed by atoms with Crippen LogP contribution < -0.4 is 11.1 Å². The largest absolute Gasteiger partial charge is 0.368 e. The fraction of sp³-hybridized carbons (Fsp3) is 0.150. The van der Waals surface area contributed by atoms with Crippen LogP contribution in [0, 0.1) is 0 Å². The standard InChI is InChI=1S/C20H18Cl2N4O/c21-16-3-4-18(22)17(10-16)20(19(23)27,11-15-2-1-7-25-12-15)26-13-14-5-8-24-9-6-14/h1-10,12,26H,11,13H2,(H2,23,27). The van der Waals surface area contributed by atoms with E-state index in [0.717, 1.165) is 11.1 Å². The summed E-state index contributed by atoms with van der Waals surface area (Å²) < 4.78 is 0. The molecule has 0 saturated heterocycles. The lowest BCUT2D eigenvalue weighted by Gasteiger charge is -2.33. The smallest absolute Gasteiger partial charge is 0.242 e. The first-order chi connectivity index (χ1) is 13.0. The van der Waals surface area contributed by atoms with Gasteiger partial charge in [0.15, 0.2) is 0 Å². The normalized spacial score (nSPS) is 13.1. The van der Waals surface area contributed by atoms with E-state index in [4.69, 9.17) is 28.9 Å². The quantitative estimate of drug-likeness (QED) is 0.635. The molecule has 1 amide bonds. The number of hydrogen-bond acceptors (Lipinski definition) is 4. The summed E-state index contributed by atoms with van der Waals surface area (Å²) in [6.45, 7) is 0.397. The van der Waals surface area contributed by atoms with Crippen LogP contribution in [0.1, 0.15) is 16.7 Å². The number of hydrogen-bond donors (Lipinski definition) is 2. The van der Waals surface area contributed by atoms with E-state index in [-0.39, 0.29) is 6.42 Å². The van der Waals surface area contributed by atoms with Crippen molar-refractivity contribution >= 4 is 29.1 Å². The average molecular weight is 401 g/mol. The molecule has 27 heavy (non-hydrogen) atoms. The minimum Gasteiger partial charge on any atom is -0.368 e. The van der Waals surface area contributed by atoms with Crippen molar-refractivity contribution in [1.82, 2.24) is 15.3 Å². The summed E-state index contributed by atoms with van der Waals surface area (Å²) in [6, 6.07) is 12.4. The van der Waals surface area contributed by atoms with Crippen LogP contribution >= 0.6 is 23.2 Å². The monoisotopic (exact) mass is 400 g/mol. The van der Waals surface area contributed by atoms with E-state index in [9.17, 15) is 4.79 Å². The Hall–Kier alpha value is -2.47. The maximum Gasteiger partial charge on any atom is 0.242 e. The predicted molar refractivity (Wildman–Crippen MR) is 106 cm³/mol. The van der Waals surface area contributed by atoms with Crippen molar-refractivity contribution in [2.24, 2.45) is 5.73 Å². The summed E-state index contributed by atoms with van der Waals surface area (Å²) in [5, 5.41) is 4.18. The van der Waals surface area contributed by atoms with Crippen LogP contribution in [-0.2, 0) is 23.3 Å². The van der Waals surface area contributed by atoms with Gasteiger partial charge in [-0.15, -0.1) is 0 Å². The van der Waals surface area contributed by atoms with Crippen molar-refractivity contribution in [1.29, 1.82) is 0 Å². The highest BCUT2D eigenvalue weighted by Crippen LogP contribution is 2.34. The van der Waals surface area contributed by atoms with E-state index >= 15 is 0 Å². The number of halogens is 2. The number of primary amides is 1.